The van der Waals surface area contributed by atoms with Crippen molar-refractivity contribution < 1.29 is 9.53 Å². The summed E-state index contributed by atoms with van der Waals surface area (Å²) in [4.78, 5) is 11.8. The Morgan fingerprint density at radius 2 is 1.70 bits per heavy atom. The van der Waals surface area contributed by atoms with E-state index in [1.165, 1.54) is 6.08 Å². The van der Waals surface area contributed by atoms with Crippen LogP contribution in [0.15, 0.2) is 60.7 Å². The largest absolute Gasteiger partial charge is 0.423 e. The standard InChI is InChI=1S/C16H14N2O2/c17-15(18)11-8-12-6-9-14(10-7-12)20-16(19)13-4-2-1-3-5-13/h1-11H,(H3,17,18). The van der Waals surface area contributed by atoms with Crippen molar-refractivity contribution in [3.8, 4) is 5.75 Å². The zero-order valence-electron chi connectivity index (χ0n) is 10.7. The molecule has 4 nitrogen and oxygen atoms in total. The van der Waals surface area contributed by atoms with Crippen molar-refractivity contribution in [3.05, 3.63) is 71.8 Å². The molecular formula is C16H14N2O2. The Morgan fingerprint density at radius 3 is 2.30 bits per heavy atom. The fraction of sp³-hybridized carbons (Fsp3) is 0. The van der Waals surface area contributed by atoms with Gasteiger partial charge in [-0.05, 0) is 35.9 Å². The monoisotopic (exact) mass is 266 g/mol. The Kier molecular flexibility index (Phi) is 4.29. The predicted molar refractivity (Wildman–Crippen MR) is 78.8 cm³/mol. The Balaban J connectivity index is 2.04. The smallest absolute Gasteiger partial charge is 0.343 e. The lowest BCUT2D eigenvalue weighted by Crippen LogP contribution is -2.07. The van der Waals surface area contributed by atoms with E-state index in [9.17, 15) is 4.79 Å². The van der Waals surface area contributed by atoms with E-state index in [1.54, 1.807) is 54.6 Å². The number of nitrogens with one attached hydrogen (secondary N) is 1. The van der Waals surface area contributed by atoms with Gasteiger partial charge in [0.1, 0.15) is 11.6 Å². The van der Waals surface area contributed by atoms with Crippen molar-refractivity contribution in [2.24, 2.45) is 5.73 Å². The number of carbonyl (C=O) groups excluding carboxylic acids is 1. The number of hydrogen-bond donors (Lipinski definition) is 2. The molecule has 3 N–H and O–H groups in total. The molecule has 0 aliphatic heterocycles. The highest BCUT2D eigenvalue weighted by atomic mass is 16.5. The van der Waals surface area contributed by atoms with Crippen LogP contribution in [0.5, 0.6) is 5.75 Å². The summed E-state index contributed by atoms with van der Waals surface area (Å²) in [6.07, 6.45) is 3.20. The topological polar surface area (TPSA) is 76.2 Å². The number of nitrogens with two attached hydrogens (primary N) is 1. The number of hydrogen-bond acceptors (Lipinski definition) is 3. The van der Waals surface area contributed by atoms with Gasteiger partial charge < -0.3 is 10.5 Å². The van der Waals surface area contributed by atoms with Crippen LogP contribution in [0, 0.1) is 5.41 Å². The number of benzene rings is 2. The van der Waals surface area contributed by atoms with Gasteiger partial charge in [-0.25, -0.2) is 4.79 Å². The molecule has 0 fully saturated rings. The van der Waals surface area contributed by atoms with E-state index >= 15 is 0 Å². The van der Waals surface area contributed by atoms with Gasteiger partial charge >= 0.3 is 5.97 Å². The minimum absolute atomic E-state index is 0.00965. The summed E-state index contributed by atoms with van der Waals surface area (Å²) >= 11 is 0. The van der Waals surface area contributed by atoms with Crippen molar-refractivity contribution in [2.75, 3.05) is 0 Å². The van der Waals surface area contributed by atoms with Gasteiger partial charge in [0.15, 0.2) is 0 Å². The van der Waals surface area contributed by atoms with E-state index in [0.717, 1.165) is 5.56 Å². The van der Waals surface area contributed by atoms with Crippen LogP contribution in [0.2, 0.25) is 0 Å². The normalized spacial score (nSPS) is 10.4. The molecule has 2 aromatic rings. The number of ether oxygens (including phenoxy) is 1. The highest BCUT2D eigenvalue weighted by molar-refractivity contribution is 5.92. The van der Waals surface area contributed by atoms with E-state index in [-0.39, 0.29) is 5.84 Å². The maximum absolute atomic E-state index is 11.8. The third kappa shape index (κ3) is 3.81. The highest BCUT2D eigenvalue weighted by Gasteiger charge is 2.06. The predicted octanol–water partition coefficient (Wildman–Crippen LogP) is 2.85. The number of rotatable bonds is 4. The number of esters is 1. The first-order chi connectivity index (χ1) is 9.65. The summed E-state index contributed by atoms with van der Waals surface area (Å²) < 4.78 is 5.25. The van der Waals surface area contributed by atoms with Gasteiger partial charge in [0, 0.05) is 0 Å². The third-order valence-corrected chi connectivity index (χ3v) is 2.56. The molecule has 0 aliphatic carbocycles. The first-order valence-electron chi connectivity index (χ1n) is 6.04. The Bertz CT molecular complexity index is 631. The fourth-order valence-electron chi connectivity index (χ4n) is 1.57. The van der Waals surface area contributed by atoms with Gasteiger partial charge in [0.2, 0.25) is 0 Å². The summed E-state index contributed by atoms with van der Waals surface area (Å²) in [6.45, 7) is 0. The van der Waals surface area contributed by atoms with Gasteiger partial charge in [-0.1, -0.05) is 36.4 Å². The Morgan fingerprint density at radius 1 is 1.05 bits per heavy atom. The average molecular weight is 266 g/mol. The van der Waals surface area contributed by atoms with Crippen LogP contribution in [0.4, 0.5) is 0 Å². The van der Waals surface area contributed by atoms with E-state index in [2.05, 4.69) is 0 Å². The average Bonchev–Trinajstić information content (AvgIpc) is 2.47. The van der Waals surface area contributed by atoms with Crippen molar-refractivity contribution in [2.45, 2.75) is 0 Å². The van der Waals surface area contributed by atoms with E-state index in [4.69, 9.17) is 15.9 Å². The first kappa shape index (κ1) is 13.5. The van der Waals surface area contributed by atoms with Gasteiger partial charge in [0.25, 0.3) is 0 Å². The molecule has 0 unspecified atom stereocenters. The summed E-state index contributed by atoms with van der Waals surface area (Å²) in [5, 5.41) is 7.10. The van der Waals surface area contributed by atoms with Crippen molar-refractivity contribution in [3.63, 3.8) is 0 Å². The molecule has 20 heavy (non-hydrogen) atoms. The summed E-state index contributed by atoms with van der Waals surface area (Å²) in [6, 6.07) is 15.8. The Labute approximate surface area is 117 Å². The highest BCUT2D eigenvalue weighted by Crippen LogP contribution is 2.15. The molecule has 0 spiro atoms. The second kappa shape index (κ2) is 6.33. The quantitative estimate of drug-likeness (QED) is 0.386. The molecule has 0 aromatic heterocycles. The van der Waals surface area contributed by atoms with Crippen LogP contribution in [-0.4, -0.2) is 11.8 Å². The Hall–Kier alpha value is -2.88. The lowest BCUT2D eigenvalue weighted by Gasteiger charge is -2.04. The van der Waals surface area contributed by atoms with Crippen molar-refractivity contribution in [1.29, 1.82) is 5.41 Å². The molecule has 100 valence electrons. The second-order valence-corrected chi connectivity index (χ2v) is 4.11. The summed E-state index contributed by atoms with van der Waals surface area (Å²) in [7, 11) is 0. The van der Waals surface area contributed by atoms with Crippen LogP contribution in [-0.2, 0) is 0 Å². The molecule has 0 radical (unpaired) electrons. The molecule has 4 heteroatoms. The van der Waals surface area contributed by atoms with Gasteiger partial charge in [-0.3, -0.25) is 5.41 Å². The number of carbonyl (C=O) groups is 1. The molecule has 0 atom stereocenters. The van der Waals surface area contributed by atoms with Gasteiger partial charge in [0.05, 0.1) is 5.56 Å². The fourth-order valence-corrected chi connectivity index (χ4v) is 1.57. The van der Waals surface area contributed by atoms with Gasteiger partial charge in [-0.15, -0.1) is 0 Å². The SMILES string of the molecule is N=C(N)C=Cc1ccc(OC(=O)c2ccccc2)cc1. The molecule has 2 rings (SSSR count). The van der Waals surface area contributed by atoms with Crippen molar-refractivity contribution in [1.82, 2.24) is 0 Å². The number of amidine groups is 1. The minimum atomic E-state index is -0.391. The van der Waals surface area contributed by atoms with Crippen LogP contribution in [0.1, 0.15) is 15.9 Å². The van der Waals surface area contributed by atoms with E-state index in [1.807, 2.05) is 6.07 Å². The summed E-state index contributed by atoms with van der Waals surface area (Å²) in [5.74, 6) is 0.0704. The summed E-state index contributed by atoms with van der Waals surface area (Å²) in [5.41, 5.74) is 6.61. The van der Waals surface area contributed by atoms with Crippen LogP contribution < -0.4 is 10.5 Å². The maximum atomic E-state index is 11.8. The molecule has 0 saturated carbocycles. The van der Waals surface area contributed by atoms with Crippen molar-refractivity contribution >= 4 is 17.9 Å². The molecule has 0 aliphatic rings. The zero-order valence-corrected chi connectivity index (χ0v) is 10.7. The molecule has 2 aromatic carbocycles. The second-order valence-electron chi connectivity index (χ2n) is 4.11. The van der Waals surface area contributed by atoms with Crippen LogP contribution in [0.3, 0.4) is 0 Å². The van der Waals surface area contributed by atoms with E-state index in [0.29, 0.717) is 11.3 Å². The first-order valence-corrected chi connectivity index (χ1v) is 6.04. The lowest BCUT2D eigenvalue weighted by atomic mass is 10.2. The van der Waals surface area contributed by atoms with E-state index < -0.39 is 5.97 Å². The zero-order chi connectivity index (χ0) is 14.4. The molecule has 0 saturated heterocycles. The van der Waals surface area contributed by atoms with Crippen LogP contribution >= 0.6 is 0 Å². The third-order valence-electron chi connectivity index (χ3n) is 2.56. The molecular weight excluding hydrogens is 252 g/mol. The van der Waals surface area contributed by atoms with Crippen LogP contribution in [0.25, 0.3) is 6.08 Å². The molecule has 0 bridgehead atoms. The van der Waals surface area contributed by atoms with Gasteiger partial charge in [-0.2, -0.15) is 0 Å². The molecule has 0 amide bonds. The lowest BCUT2D eigenvalue weighted by molar-refractivity contribution is 0.0735. The maximum Gasteiger partial charge on any atom is 0.343 e. The minimum Gasteiger partial charge on any atom is -0.423 e. The molecule has 0 heterocycles.